The molecule has 1 aliphatic heterocycles. The Morgan fingerprint density at radius 2 is 1.36 bits per heavy atom. The molecule has 0 aliphatic carbocycles. The smallest absolute Gasteiger partial charge is 0.233 e. The third-order valence-corrected chi connectivity index (χ3v) is 5.30. The van der Waals surface area contributed by atoms with Gasteiger partial charge in [0.15, 0.2) is 0 Å². The van der Waals surface area contributed by atoms with Crippen LogP contribution in [-0.2, 0) is 11.3 Å². The van der Waals surface area contributed by atoms with Crippen molar-refractivity contribution in [2.24, 2.45) is 0 Å². The van der Waals surface area contributed by atoms with Crippen LogP contribution < -0.4 is 0 Å². The molecular formula is C22H18BrNO. The van der Waals surface area contributed by atoms with Crippen LogP contribution in [0.4, 0.5) is 0 Å². The molecule has 2 unspecified atom stereocenters. The van der Waals surface area contributed by atoms with Gasteiger partial charge in [0.05, 0.1) is 12.0 Å². The van der Waals surface area contributed by atoms with E-state index in [4.69, 9.17) is 0 Å². The van der Waals surface area contributed by atoms with Crippen LogP contribution in [0.3, 0.4) is 0 Å². The molecule has 25 heavy (non-hydrogen) atoms. The summed E-state index contributed by atoms with van der Waals surface area (Å²) in [4.78, 5) is 14.9. The van der Waals surface area contributed by atoms with Crippen LogP contribution in [0.15, 0.2) is 89.4 Å². The molecule has 0 aromatic heterocycles. The van der Waals surface area contributed by atoms with Gasteiger partial charge >= 0.3 is 0 Å². The van der Waals surface area contributed by atoms with Crippen molar-refractivity contribution in [3.8, 4) is 0 Å². The van der Waals surface area contributed by atoms with Gasteiger partial charge in [0.2, 0.25) is 5.91 Å². The van der Waals surface area contributed by atoms with E-state index in [-0.39, 0.29) is 17.9 Å². The molecule has 3 aromatic rings. The van der Waals surface area contributed by atoms with Gasteiger partial charge in [-0.2, -0.15) is 0 Å². The minimum Gasteiger partial charge on any atom is -0.330 e. The van der Waals surface area contributed by atoms with Crippen molar-refractivity contribution in [3.63, 3.8) is 0 Å². The molecule has 1 aliphatic rings. The molecule has 3 heteroatoms. The summed E-state index contributed by atoms with van der Waals surface area (Å²) in [5.74, 6) is 0.0917. The quantitative estimate of drug-likeness (QED) is 0.551. The van der Waals surface area contributed by atoms with Crippen LogP contribution in [0.2, 0.25) is 0 Å². The minimum atomic E-state index is -0.105. The van der Waals surface area contributed by atoms with Gasteiger partial charge < -0.3 is 4.90 Å². The Hall–Kier alpha value is -2.39. The van der Waals surface area contributed by atoms with Crippen LogP contribution in [0, 0.1) is 0 Å². The van der Waals surface area contributed by atoms with Gasteiger partial charge in [-0.15, -0.1) is 0 Å². The second-order valence-electron chi connectivity index (χ2n) is 6.34. The van der Waals surface area contributed by atoms with Crippen LogP contribution >= 0.6 is 15.9 Å². The van der Waals surface area contributed by atoms with Crippen molar-refractivity contribution in [2.75, 3.05) is 0 Å². The van der Waals surface area contributed by atoms with Gasteiger partial charge in [0, 0.05) is 11.0 Å². The molecule has 1 fully saturated rings. The van der Waals surface area contributed by atoms with Crippen molar-refractivity contribution < 1.29 is 4.79 Å². The Kier molecular flexibility index (Phi) is 4.41. The summed E-state index contributed by atoms with van der Waals surface area (Å²) in [5.41, 5.74) is 3.42. The van der Waals surface area contributed by atoms with E-state index in [9.17, 15) is 4.79 Å². The van der Waals surface area contributed by atoms with Crippen LogP contribution in [0.25, 0.3) is 0 Å². The fourth-order valence-corrected chi connectivity index (χ4v) is 3.79. The molecular weight excluding hydrogens is 374 g/mol. The van der Waals surface area contributed by atoms with Crippen LogP contribution in [0.1, 0.15) is 28.7 Å². The first kappa shape index (κ1) is 16.1. The van der Waals surface area contributed by atoms with E-state index in [1.165, 1.54) is 5.56 Å². The van der Waals surface area contributed by atoms with Crippen LogP contribution in [-0.4, -0.2) is 10.8 Å². The normalized spacial score (nSPS) is 19.6. The van der Waals surface area contributed by atoms with Crippen LogP contribution in [0.5, 0.6) is 0 Å². The molecule has 0 radical (unpaired) electrons. The molecule has 4 rings (SSSR count). The summed E-state index contributed by atoms with van der Waals surface area (Å²) in [7, 11) is 0. The number of carbonyl (C=O) groups excluding carboxylic acids is 1. The fourth-order valence-electron chi connectivity index (χ4n) is 3.52. The number of nitrogens with zero attached hydrogens (tertiary/aromatic N) is 1. The van der Waals surface area contributed by atoms with E-state index in [0.29, 0.717) is 6.54 Å². The number of halogens is 1. The van der Waals surface area contributed by atoms with E-state index in [0.717, 1.165) is 15.6 Å². The maximum absolute atomic E-state index is 12.9. The Morgan fingerprint density at radius 3 is 2.00 bits per heavy atom. The van der Waals surface area contributed by atoms with Gasteiger partial charge in [-0.05, 0) is 28.8 Å². The maximum atomic E-state index is 12.9. The highest BCUT2D eigenvalue weighted by Gasteiger charge is 2.48. The minimum absolute atomic E-state index is 0.0724. The van der Waals surface area contributed by atoms with Crippen molar-refractivity contribution in [1.82, 2.24) is 4.90 Å². The largest absolute Gasteiger partial charge is 0.330 e. The zero-order valence-corrected chi connectivity index (χ0v) is 15.3. The molecule has 0 N–H and O–H groups in total. The van der Waals surface area contributed by atoms with E-state index < -0.39 is 0 Å². The predicted octanol–water partition coefficient (Wildman–Crippen LogP) is 5.32. The summed E-state index contributed by atoms with van der Waals surface area (Å²) in [6.07, 6.45) is 0. The number of hydrogen-bond donors (Lipinski definition) is 0. The fraction of sp³-hybridized carbons (Fsp3) is 0.136. The highest BCUT2D eigenvalue weighted by atomic mass is 79.9. The maximum Gasteiger partial charge on any atom is 0.233 e. The standard InChI is InChI=1S/C22H18BrNO/c23-19-13-11-18(12-14-19)21-20(17-9-5-2-6-10-17)22(25)24(21)15-16-7-3-1-4-8-16/h1-14,20-21H,15H2. The van der Waals surface area contributed by atoms with Crippen molar-refractivity contribution in [1.29, 1.82) is 0 Å². The van der Waals surface area contributed by atoms with Gasteiger partial charge in [-0.3, -0.25) is 4.79 Å². The highest BCUT2D eigenvalue weighted by molar-refractivity contribution is 9.10. The summed E-state index contributed by atoms with van der Waals surface area (Å²) >= 11 is 3.49. The topological polar surface area (TPSA) is 20.3 Å². The van der Waals surface area contributed by atoms with E-state index in [1.807, 2.05) is 65.6 Å². The molecule has 124 valence electrons. The molecule has 0 spiro atoms. The lowest BCUT2D eigenvalue weighted by atomic mass is 9.77. The molecule has 1 amide bonds. The number of β-lactam (4-membered cyclic amide) rings is 1. The number of amides is 1. The van der Waals surface area contributed by atoms with Gasteiger partial charge in [-0.25, -0.2) is 0 Å². The van der Waals surface area contributed by atoms with Crippen molar-refractivity contribution in [2.45, 2.75) is 18.5 Å². The Morgan fingerprint density at radius 1 is 0.760 bits per heavy atom. The second kappa shape index (κ2) is 6.85. The monoisotopic (exact) mass is 391 g/mol. The van der Waals surface area contributed by atoms with E-state index >= 15 is 0 Å². The third-order valence-electron chi connectivity index (χ3n) is 4.77. The lowest BCUT2D eigenvalue weighted by molar-refractivity contribution is -0.151. The lowest BCUT2D eigenvalue weighted by Crippen LogP contribution is -2.52. The van der Waals surface area contributed by atoms with Crippen molar-refractivity contribution >= 4 is 21.8 Å². The number of benzene rings is 3. The SMILES string of the molecule is O=C1C(c2ccccc2)C(c2ccc(Br)cc2)N1Cc1ccccc1. The molecule has 0 saturated carbocycles. The predicted molar refractivity (Wildman–Crippen MR) is 103 cm³/mol. The Balaban J connectivity index is 1.68. The van der Waals surface area contributed by atoms with E-state index in [2.05, 4.69) is 40.2 Å². The zero-order chi connectivity index (χ0) is 17.2. The average Bonchev–Trinajstić information content (AvgIpc) is 2.66. The molecule has 2 nitrogen and oxygen atoms in total. The average molecular weight is 392 g/mol. The van der Waals surface area contributed by atoms with Gasteiger partial charge in [0.25, 0.3) is 0 Å². The first-order valence-corrected chi connectivity index (χ1v) is 9.18. The first-order valence-electron chi connectivity index (χ1n) is 8.39. The number of likely N-dealkylation sites (tertiary alicyclic amines) is 1. The van der Waals surface area contributed by atoms with Crippen molar-refractivity contribution in [3.05, 3.63) is 106 Å². The van der Waals surface area contributed by atoms with Gasteiger partial charge in [0.1, 0.15) is 0 Å². The highest BCUT2D eigenvalue weighted by Crippen LogP contribution is 2.47. The summed E-state index contributed by atoms with van der Waals surface area (Å²) in [6.45, 7) is 0.643. The number of rotatable bonds is 4. The summed E-state index contributed by atoms with van der Waals surface area (Å²) in [5, 5.41) is 0. The summed E-state index contributed by atoms with van der Waals surface area (Å²) < 4.78 is 1.05. The zero-order valence-electron chi connectivity index (χ0n) is 13.7. The molecule has 2 atom stereocenters. The molecule has 0 bridgehead atoms. The molecule has 1 saturated heterocycles. The Labute approximate surface area is 156 Å². The van der Waals surface area contributed by atoms with E-state index in [1.54, 1.807) is 0 Å². The summed E-state index contributed by atoms with van der Waals surface area (Å²) in [6, 6.07) is 28.6. The second-order valence-corrected chi connectivity index (χ2v) is 7.25. The third kappa shape index (κ3) is 3.12. The molecule has 1 heterocycles. The number of carbonyl (C=O) groups is 1. The van der Waals surface area contributed by atoms with Gasteiger partial charge in [-0.1, -0.05) is 88.7 Å². The molecule has 3 aromatic carbocycles. The first-order chi connectivity index (χ1) is 12.2. The number of hydrogen-bond acceptors (Lipinski definition) is 1. The lowest BCUT2D eigenvalue weighted by Gasteiger charge is -2.48. The Bertz CT molecular complexity index is 862.